The Bertz CT molecular complexity index is 1070. The molecule has 2 bridgehead atoms. The monoisotopic (exact) mass is 441 g/mol. The van der Waals surface area contributed by atoms with Crippen molar-refractivity contribution >= 4 is 17.3 Å². The predicted octanol–water partition coefficient (Wildman–Crippen LogP) is 4.81. The van der Waals surface area contributed by atoms with Crippen molar-refractivity contribution in [1.82, 2.24) is 19.7 Å². The lowest BCUT2D eigenvalue weighted by Crippen LogP contribution is -2.42. The standard InChI is InChI=1S/C23H25ClFN5O/c1-14-7-17(25)9-19(8-14)31-23-27-22(28-29(23)2)11-20-15-3-4-16(20)13-30(12-15)18-5-6-26-21(24)10-18/h5-10,15-16,20H,3-4,11-13H2,1-2H3. The number of halogens is 2. The lowest BCUT2D eigenvalue weighted by molar-refractivity contribution is 0.265. The molecule has 0 radical (unpaired) electrons. The van der Waals surface area contributed by atoms with Crippen LogP contribution in [0.5, 0.6) is 11.8 Å². The fraction of sp³-hybridized carbons (Fsp3) is 0.435. The second-order valence-electron chi connectivity index (χ2n) is 8.71. The normalized spacial score (nSPS) is 22.7. The number of hydrogen-bond acceptors (Lipinski definition) is 5. The van der Waals surface area contributed by atoms with Crippen LogP contribution in [0.1, 0.15) is 24.2 Å². The van der Waals surface area contributed by atoms with E-state index in [0.29, 0.717) is 34.7 Å². The number of piperidine rings is 1. The fourth-order valence-electron chi connectivity index (χ4n) is 5.14. The van der Waals surface area contributed by atoms with Gasteiger partial charge >= 0.3 is 6.01 Å². The summed E-state index contributed by atoms with van der Waals surface area (Å²) >= 11 is 6.09. The van der Waals surface area contributed by atoms with E-state index in [0.717, 1.165) is 36.6 Å². The number of anilines is 1. The van der Waals surface area contributed by atoms with Crippen molar-refractivity contribution in [3.8, 4) is 11.8 Å². The highest BCUT2D eigenvalue weighted by molar-refractivity contribution is 6.29. The number of fused-ring (bicyclic) bond motifs is 2. The van der Waals surface area contributed by atoms with Crippen LogP contribution in [0.15, 0.2) is 36.5 Å². The van der Waals surface area contributed by atoms with Crippen LogP contribution in [0, 0.1) is 30.5 Å². The lowest BCUT2D eigenvalue weighted by atomic mass is 9.82. The summed E-state index contributed by atoms with van der Waals surface area (Å²) in [4.78, 5) is 11.1. The van der Waals surface area contributed by atoms with E-state index in [4.69, 9.17) is 16.3 Å². The molecule has 2 aliphatic rings. The van der Waals surface area contributed by atoms with E-state index in [9.17, 15) is 4.39 Å². The second-order valence-corrected chi connectivity index (χ2v) is 9.10. The molecule has 1 saturated heterocycles. The molecule has 2 fully saturated rings. The van der Waals surface area contributed by atoms with E-state index in [1.54, 1.807) is 16.9 Å². The minimum atomic E-state index is -0.323. The summed E-state index contributed by atoms with van der Waals surface area (Å²) in [7, 11) is 1.81. The zero-order valence-corrected chi connectivity index (χ0v) is 18.4. The molecule has 1 aliphatic heterocycles. The summed E-state index contributed by atoms with van der Waals surface area (Å²) in [6, 6.07) is 8.98. The fourth-order valence-corrected chi connectivity index (χ4v) is 5.31. The molecule has 31 heavy (non-hydrogen) atoms. The van der Waals surface area contributed by atoms with Gasteiger partial charge in [0.15, 0.2) is 5.82 Å². The highest BCUT2D eigenvalue weighted by atomic mass is 35.5. The van der Waals surface area contributed by atoms with Gasteiger partial charge in [0.2, 0.25) is 0 Å². The molecule has 0 spiro atoms. The Morgan fingerprint density at radius 2 is 1.94 bits per heavy atom. The topological polar surface area (TPSA) is 56.1 Å². The Balaban J connectivity index is 1.28. The molecule has 1 aliphatic carbocycles. The Kier molecular flexibility index (Phi) is 5.30. The molecule has 0 N–H and O–H groups in total. The molecule has 5 rings (SSSR count). The first-order valence-corrected chi connectivity index (χ1v) is 11.0. The van der Waals surface area contributed by atoms with Gasteiger partial charge in [-0.05, 0) is 67.3 Å². The molecule has 3 heterocycles. The van der Waals surface area contributed by atoms with Gasteiger partial charge in [-0.2, -0.15) is 10.1 Å². The quantitative estimate of drug-likeness (QED) is 0.532. The van der Waals surface area contributed by atoms with Crippen LogP contribution in [-0.2, 0) is 13.5 Å². The summed E-state index contributed by atoms with van der Waals surface area (Å²) in [5.74, 6) is 2.66. The van der Waals surface area contributed by atoms with Gasteiger partial charge in [0.25, 0.3) is 0 Å². The molecule has 6 nitrogen and oxygen atoms in total. The van der Waals surface area contributed by atoms with Crippen LogP contribution in [0.2, 0.25) is 5.15 Å². The Labute approximate surface area is 186 Å². The first kappa shape index (κ1) is 20.2. The first-order valence-electron chi connectivity index (χ1n) is 10.7. The van der Waals surface area contributed by atoms with Gasteiger partial charge in [0.05, 0.1) is 0 Å². The minimum Gasteiger partial charge on any atom is -0.424 e. The maximum atomic E-state index is 13.7. The van der Waals surface area contributed by atoms with Gasteiger partial charge < -0.3 is 9.64 Å². The molecule has 8 heteroatoms. The van der Waals surface area contributed by atoms with Crippen molar-refractivity contribution in [2.75, 3.05) is 18.0 Å². The number of hydrogen-bond donors (Lipinski definition) is 0. The van der Waals surface area contributed by atoms with Gasteiger partial charge in [-0.15, -0.1) is 0 Å². The van der Waals surface area contributed by atoms with Crippen LogP contribution in [0.3, 0.4) is 0 Å². The van der Waals surface area contributed by atoms with Gasteiger partial charge in [-0.3, -0.25) is 0 Å². The average Bonchev–Trinajstić information content (AvgIpc) is 3.15. The van der Waals surface area contributed by atoms with Gasteiger partial charge in [0.1, 0.15) is 16.7 Å². The molecule has 0 amide bonds. The molecule has 2 atom stereocenters. The summed E-state index contributed by atoms with van der Waals surface area (Å²) in [6.45, 7) is 3.86. The Hall–Kier alpha value is -2.67. The Morgan fingerprint density at radius 1 is 1.16 bits per heavy atom. The first-order chi connectivity index (χ1) is 14.9. The number of benzene rings is 1. The van der Waals surface area contributed by atoms with Crippen molar-refractivity contribution < 1.29 is 9.13 Å². The van der Waals surface area contributed by atoms with Crippen LogP contribution in [0.4, 0.5) is 10.1 Å². The van der Waals surface area contributed by atoms with E-state index in [1.807, 2.05) is 26.1 Å². The van der Waals surface area contributed by atoms with Crippen molar-refractivity contribution in [3.63, 3.8) is 0 Å². The van der Waals surface area contributed by atoms with Crippen LogP contribution < -0.4 is 9.64 Å². The number of aryl methyl sites for hydroxylation is 2. The largest absolute Gasteiger partial charge is 0.424 e. The third kappa shape index (κ3) is 4.24. The highest BCUT2D eigenvalue weighted by Crippen LogP contribution is 2.44. The van der Waals surface area contributed by atoms with E-state index in [2.05, 4.69) is 20.0 Å². The summed E-state index contributed by atoms with van der Waals surface area (Å²) in [5, 5.41) is 5.11. The van der Waals surface area contributed by atoms with E-state index >= 15 is 0 Å². The van der Waals surface area contributed by atoms with E-state index in [1.165, 1.54) is 25.0 Å². The van der Waals surface area contributed by atoms with Crippen molar-refractivity contribution in [1.29, 1.82) is 0 Å². The van der Waals surface area contributed by atoms with Crippen molar-refractivity contribution in [2.24, 2.45) is 24.8 Å². The number of ether oxygens (including phenoxy) is 1. The molecule has 2 aromatic heterocycles. The minimum absolute atomic E-state index is 0.323. The van der Waals surface area contributed by atoms with Gasteiger partial charge in [-0.25, -0.2) is 14.1 Å². The van der Waals surface area contributed by atoms with Gasteiger partial charge in [0, 0.05) is 44.5 Å². The summed E-state index contributed by atoms with van der Waals surface area (Å²) < 4.78 is 21.1. The summed E-state index contributed by atoms with van der Waals surface area (Å²) in [5.41, 5.74) is 1.95. The molecule has 3 aromatic rings. The van der Waals surface area contributed by atoms with Crippen molar-refractivity contribution in [3.05, 3.63) is 58.9 Å². The molecule has 1 saturated carbocycles. The SMILES string of the molecule is Cc1cc(F)cc(Oc2nc(CC3C4CCC3CN(c3ccnc(Cl)c3)C4)nn2C)c1. The molecule has 162 valence electrons. The number of aromatic nitrogens is 4. The number of pyridine rings is 1. The molecular weight excluding hydrogens is 417 g/mol. The molecular formula is C23H25ClFN5O. The smallest absolute Gasteiger partial charge is 0.320 e. The maximum absolute atomic E-state index is 13.7. The van der Waals surface area contributed by atoms with E-state index in [-0.39, 0.29) is 5.82 Å². The van der Waals surface area contributed by atoms with Crippen LogP contribution in [-0.4, -0.2) is 32.8 Å². The third-order valence-electron chi connectivity index (χ3n) is 6.51. The second kappa shape index (κ2) is 8.11. The average molecular weight is 442 g/mol. The van der Waals surface area contributed by atoms with Crippen LogP contribution in [0.25, 0.3) is 0 Å². The van der Waals surface area contributed by atoms with Crippen molar-refractivity contribution in [2.45, 2.75) is 26.2 Å². The number of rotatable bonds is 5. The zero-order valence-electron chi connectivity index (χ0n) is 17.6. The molecule has 1 aromatic carbocycles. The number of nitrogens with zero attached hydrogens (tertiary/aromatic N) is 5. The molecule has 2 unspecified atom stereocenters. The predicted molar refractivity (Wildman–Crippen MR) is 117 cm³/mol. The summed E-state index contributed by atoms with van der Waals surface area (Å²) in [6.07, 6.45) is 5.05. The van der Waals surface area contributed by atoms with Gasteiger partial charge in [-0.1, -0.05) is 11.6 Å². The zero-order chi connectivity index (χ0) is 21.5. The lowest BCUT2D eigenvalue weighted by Gasteiger charge is -2.39. The third-order valence-corrected chi connectivity index (χ3v) is 6.72. The Morgan fingerprint density at radius 3 is 2.65 bits per heavy atom. The van der Waals surface area contributed by atoms with E-state index < -0.39 is 0 Å². The highest BCUT2D eigenvalue weighted by Gasteiger charge is 2.42. The van der Waals surface area contributed by atoms with Crippen LogP contribution >= 0.6 is 11.6 Å². The maximum Gasteiger partial charge on any atom is 0.320 e.